The van der Waals surface area contributed by atoms with Gasteiger partial charge in [0.2, 0.25) is 0 Å². The molecule has 1 saturated carbocycles. The summed E-state index contributed by atoms with van der Waals surface area (Å²) < 4.78 is 0. The number of nitrogens with zero attached hydrogens (tertiary/aromatic N) is 1. The van der Waals surface area contributed by atoms with Gasteiger partial charge in [-0.25, -0.2) is 0 Å². The zero-order chi connectivity index (χ0) is 12.0. The van der Waals surface area contributed by atoms with Crippen LogP contribution in [0.15, 0.2) is 0 Å². The molecule has 0 radical (unpaired) electrons. The number of thioether (sulfide) groups is 1. The van der Waals surface area contributed by atoms with E-state index in [1.807, 2.05) is 0 Å². The van der Waals surface area contributed by atoms with Crippen LogP contribution in [-0.4, -0.2) is 49.1 Å². The minimum atomic E-state index is 0.608. The Bertz CT molecular complexity index is 208. The predicted molar refractivity (Wildman–Crippen MR) is 77.8 cm³/mol. The maximum absolute atomic E-state index is 3.68. The van der Waals surface area contributed by atoms with Gasteiger partial charge >= 0.3 is 0 Å². The molecule has 0 aromatic rings. The molecule has 0 bridgehead atoms. The van der Waals surface area contributed by atoms with E-state index in [2.05, 4.69) is 28.9 Å². The topological polar surface area (TPSA) is 15.3 Å². The standard InChI is InChI=1S/C14H28N2S/c1-2-7-15-12-14(5-3-4-6-14)13-16-8-10-17-11-9-16/h15H,2-13H2,1H3. The van der Waals surface area contributed by atoms with E-state index in [0.717, 1.165) is 0 Å². The monoisotopic (exact) mass is 256 g/mol. The second-order valence-corrected chi connectivity index (χ2v) is 7.00. The lowest BCUT2D eigenvalue weighted by Gasteiger charge is -2.37. The molecule has 0 aromatic heterocycles. The summed E-state index contributed by atoms with van der Waals surface area (Å²) in [6.07, 6.45) is 7.07. The minimum Gasteiger partial charge on any atom is -0.316 e. The van der Waals surface area contributed by atoms with Crippen LogP contribution in [0.4, 0.5) is 0 Å². The molecular formula is C14H28N2S. The van der Waals surface area contributed by atoms with Crippen molar-refractivity contribution >= 4 is 11.8 Å². The molecular weight excluding hydrogens is 228 g/mol. The molecule has 1 N–H and O–H groups in total. The van der Waals surface area contributed by atoms with Gasteiger partial charge in [0.05, 0.1) is 0 Å². The Morgan fingerprint density at radius 2 is 1.88 bits per heavy atom. The summed E-state index contributed by atoms with van der Waals surface area (Å²) in [5.41, 5.74) is 0.608. The molecule has 1 heterocycles. The van der Waals surface area contributed by atoms with Crippen LogP contribution < -0.4 is 5.32 Å². The summed E-state index contributed by atoms with van der Waals surface area (Å²) in [5, 5.41) is 3.68. The second kappa shape index (κ2) is 7.01. The molecule has 2 aliphatic rings. The Morgan fingerprint density at radius 3 is 2.53 bits per heavy atom. The number of hydrogen-bond acceptors (Lipinski definition) is 3. The van der Waals surface area contributed by atoms with E-state index in [9.17, 15) is 0 Å². The van der Waals surface area contributed by atoms with Gasteiger partial charge in [0, 0.05) is 37.7 Å². The summed E-state index contributed by atoms with van der Waals surface area (Å²) in [5.74, 6) is 2.69. The van der Waals surface area contributed by atoms with Crippen molar-refractivity contribution in [3.05, 3.63) is 0 Å². The average Bonchev–Trinajstić information content (AvgIpc) is 2.80. The lowest BCUT2D eigenvalue weighted by atomic mass is 9.85. The number of hydrogen-bond donors (Lipinski definition) is 1. The van der Waals surface area contributed by atoms with Gasteiger partial charge in [-0.2, -0.15) is 11.8 Å². The Kier molecular flexibility index (Phi) is 5.64. The molecule has 0 aromatic carbocycles. The first-order valence-electron chi connectivity index (χ1n) is 7.35. The summed E-state index contributed by atoms with van der Waals surface area (Å²) in [6, 6.07) is 0. The molecule has 2 nitrogen and oxygen atoms in total. The van der Waals surface area contributed by atoms with Crippen LogP contribution in [0.1, 0.15) is 39.0 Å². The molecule has 2 fully saturated rings. The maximum atomic E-state index is 3.68. The first kappa shape index (κ1) is 13.7. The van der Waals surface area contributed by atoms with Crippen molar-refractivity contribution in [2.24, 2.45) is 5.41 Å². The van der Waals surface area contributed by atoms with Crippen molar-refractivity contribution in [2.45, 2.75) is 39.0 Å². The summed E-state index contributed by atoms with van der Waals surface area (Å²) >= 11 is 2.12. The van der Waals surface area contributed by atoms with Crippen LogP contribution in [0.5, 0.6) is 0 Å². The van der Waals surface area contributed by atoms with E-state index >= 15 is 0 Å². The number of nitrogens with one attached hydrogen (secondary N) is 1. The fourth-order valence-corrected chi connectivity index (χ4v) is 4.26. The molecule has 1 aliphatic heterocycles. The van der Waals surface area contributed by atoms with Gasteiger partial charge in [0.1, 0.15) is 0 Å². The fourth-order valence-electron chi connectivity index (χ4n) is 3.28. The van der Waals surface area contributed by atoms with Crippen molar-refractivity contribution in [1.29, 1.82) is 0 Å². The first-order chi connectivity index (χ1) is 8.35. The second-order valence-electron chi connectivity index (χ2n) is 5.77. The summed E-state index contributed by atoms with van der Waals surface area (Å²) in [7, 11) is 0. The van der Waals surface area contributed by atoms with Crippen LogP contribution >= 0.6 is 11.8 Å². The molecule has 17 heavy (non-hydrogen) atoms. The first-order valence-corrected chi connectivity index (χ1v) is 8.51. The van der Waals surface area contributed by atoms with Gasteiger partial charge in [-0.05, 0) is 31.2 Å². The van der Waals surface area contributed by atoms with Gasteiger partial charge < -0.3 is 10.2 Å². The van der Waals surface area contributed by atoms with E-state index in [1.54, 1.807) is 0 Å². The summed E-state index contributed by atoms with van der Waals surface area (Å²) in [4.78, 5) is 2.72. The van der Waals surface area contributed by atoms with Crippen LogP contribution in [0.3, 0.4) is 0 Å². The van der Waals surface area contributed by atoms with Crippen LogP contribution in [0, 0.1) is 5.41 Å². The smallest absolute Gasteiger partial charge is 0.00729 e. The molecule has 0 amide bonds. The maximum Gasteiger partial charge on any atom is 0.00729 e. The molecule has 0 unspecified atom stereocenters. The van der Waals surface area contributed by atoms with E-state index < -0.39 is 0 Å². The zero-order valence-electron chi connectivity index (χ0n) is 11.3. The highest BCUT2D eigenvalue weighted by Crippen LogP contribution is 2.38. The predicted octanol–water partition coefficient (Wildman–Crippen LogP) is 2.60. The molecule has 100 valence electrons. The summed E-state index contributed by atoms with van der Waals surface area (Å²) in [6.45, 7) is 8.70. The highest BCUT2D eigenvalue weighted by Gasteiger charge is 2.35. The lowest BCUT2D eigenvalue weighted by Crippen LogP contribution is -2.45. The van der Waals surface area contributed by atoms with E-state index in [4.69, 9.17) is 0 Å². The van der Waals surface area contributed by atoms with Crippen molar-refractivity contribution in [3.8, 4) is 0 Å². The van der Waals surface area contributed by atoms with Crippen LogP contribution in [0.25, 0.3) is 0 Å². The van der Waals surface area contributed by atoms with Gasteiger partial charge in [-0.3, -0.25) is 0 Å². The van der Waals surface area contributed by atoms with Gasteiger partial charge in [-0.15, -0.1) is 0 Å². The minimum absolute atomic E-state index is 0.608. The average molecular weight is 256 g/mol. The fraction of sp³-hybridized carbons (Fsp3) is 1.00. The van der Waals surface area contributed by atoms with Crippen LogP contribution in [-0.2, 0) is 0 Å². The largest absolute Gasteiger partial charge is 0.316 e. The quantitative estimate of drug-likeness (QED) is 0.736. The van der Waals surface area contributed by atoms with E-state index in [0.29, 0.717) is 5.41 Å². The third-order valence-corrected chi connectivity index (χ3v) is 5.20. The molecule has 1 aliphatic carbocycles. The van der Waals surface area contributed by atoms with Crippen LogP contribution in [0.2, 0.25) is 0 Å². The number of rotatable bonds is 6. The third-order valence-electron chi connectivity index (χ3n) is 4.25. The Balaban J connectivity index is 1.82. The zero-order valence-corrected chi connectivity index (χ0v) is 12.2. The highest BCUT2D eigenvalue weighted by atomic mass is 32.2. The van der Waals surface area contributed by atoms with E-state index in [-0.39, 0.29) is 0 Å². The molecule has 0 spiro atoms. The van der Waals surface area contributed by atoms with Crippen molar-refractivity contribution in [1.82, 2.24) is 10.2 Å². The van der Waals surface area contributed by atoms with Gasteiger partial charge in [0.25, 0.3) is 0 Å². The van der Waals surface area contributed by atoms with Gasteiger partial charge in [0.15, 0.2) is 0 Å². The Morgan fingerprint density at radius 1 is 1.18 bits per heavy atom. The highest BCUT2D eigenvalue weighted by molar-refractivity contribution is 7.99. The van der Waals surface area contributed by atoms with Crippen molar-refractivity contribution < 1.29 is 0 Å². The molecule has 3 heteroatoms. The Hall–Kier alpha value is 0.270. The molecule has 2 rings (SSSR count). The Labute approximate surface area is 111 Å². The third kappa shape index (κ3) is 4.15. The van der Waals surface area contributed by atoms with Gasteiger partial charge in [-0.1, -0.05) is 19.8 Å². The SMILES string of the molecule is CCCNCC1(CN2CCSCC2)CCCC1. The van der Waals surface area contributed by atoms with Crippen molar-refractivity contribution in [3.63, 3.8) is 0 Å². The van der Waals surface area contributed by atoms with E-state index in [1.165, 1.54) is 76.3 Å². The lowest BCUT2D eigenvalue weighted by molar-refractivity contribution is 0.159. The molecule has 0 atom stereocenters. The molecule has 1 saturated heterocycles. The normalized spacial score (nSPS) is 25.2. The van der Waals surface area contributed by atoms with Crippen molar-refractivity contribution in [2.75, 3.05) is 44.2 Å².